The zero-order chi connectivity index (χ0) is 12.3. The quantitative estimate of drug-likeness (QED) is 0.659. The fourth-order valence-electron chi connectivity index (χ4n) is 3.79. The molecule has 2 aromatic rings. The Morgan fingerprint density at radius 1 is 1.28 bits per heavy atom. The van der Waals surface area contributed by atoms with Gasteiger partial charge in [-0.15, -0.1) is 7.05 Å². The van der Waals surface area contributed by atoms with Gasteiger partial charge in [0, 0.05) is 6.20 Å². The van der Waals surface area contributed by atoms with Crippen LogP contribution in [0.1, 0.15) is 30.5 Å². The van der Waals surface area contributed by atoms with Crippen LogP contribution in [-0.4, -0.2) is 21.0 Å². The molecule has 1 aliphatic heterocycles. The molecule has 18 heavy (non-hydrogen) atoms. The van der Waals surface area contributed by atoms with E-state index in [-0.39, 0.29) is 0 Å². The van der Waals surface area contributed by atoms with E-state index in [9.17, 15) is 0 Å². The van der Waals surface area contributed by atoms with Crippen molar-refractivity contribution < 1.29 is 0 Å². The molecule has 0 unspecified atom stereocenters. The third-order valence-corrected chi connectivity index (χ3v) is 4.72. The summed E-state index contributed by atoms with van der Waals surface area (Å²) in [6.45, 7) is 1.98. The van der Waals surface area contributed by atoms with Crippen molar-refractivity contribution in [1.82, 2.24) is 14.5 Å². The topological polar surface area (TPSA) is 21.1 Å². The number of rotatable bonds is 0. The van der Waals surface area contributed by atoms with E-state index in [2.05, 4.69) is 34.6 Å². The molecule has 2 aliphatic rings. The van der Waals surface area contributed by atoms with Gasteiger partial charge in [-0.05, 0) is 49.1 Å². The summed E-state index contributed by atoms with van der Waals surface area (Å²) in [7, 11) is 8.36. The summed E-state index contributed by atoms with van der Waals surface area (Å²) in [6.07, 6.45) is 7.73. The molecular weight excluding hydrogens is 222 g/mol. The molecule has 0 amide bonds. The van der Waals surface area contributed by atoms with Crippen molar-refractivity contribution in [3.8, 4) is 0 Å². The van der Waals surface area contributed by atoms with Crippen LogP contribution in [-0.2, 0) is 12.0 Å². The van der Waals surface area contributed by atoms with Crippen LogP contribution >= 0.6 is 0 Å². The van der Waals surface area contributed by atoms with Crippen LogP contribution in [0.15, 0.2) is 18.5 Å². The fraction of sp³-hybridized carbons (Fsp3) is 0.400. The number of hydrogen-bond acceptors (Lipinski definition) is 2. The molecule has 94 valence electrons. The summed E-state index contributed by atoms with van der Waals surface area (Å²) in [5, 5.41) is 1.35. The first-order valence-electron chi connectivity index (χ1n) is 6.55. The number of pyridine rings is 1. The molecule has 0 bridgehead atoms. The normalized spacial score (nSPS) is 22.1. The molecule has 1 fully saturated rings. The van der Waals surface area contributed by atoms with Crippen molar-refractivity contribution in [2.75, 3.05) is 6.54 Å². The van der Waals surface area contributed by atoms with Crippen LogP contribution in [0.4, 0.5) is 0 Å². The minimum Gasteiger partial charge on any atom is -0.482 e. The summed E-state index contributed by atoms with van der Waals surface area (Å²) in [5.74, 6) is 0. The Labute approximate surface area is 107 Å². The molecule has 0 aromatic carbocycles. The average molecular weight is 239 g/mol. The van der Waals surface area contributed by atoms with Crippen LogP contribution in [0.5, 0.6) is 0 Å². The summed E-state index contributed by atoms with van der Waals surface area (Å²) >= 11 is 0. The zero-order valence-corrected chi connectivity index (χ0v) is 10.5. The second kappa shape index (κ2) is 3.29. The number of hydrogen-bond donors (Lipinski definition) is 0. The Morgan fingerprint density at radius 3 is 2.83 bits per heavy atom. The minimum atomic E-state index is 0.331. The molecule has 4 rings (SSSR count). The maximum Gasteiger partial charge on any atom is 0.0251 e. The van der Waals surface area contributed by atoms with Gasteiger partial charge < -0.3 is 9.47 Å². The molecule has 1 aliphatic carbocycles. The van der Waals surface area contributed by atoms with E-state index in [1.54, 1.807) is 0 Å². The smallest absolute Gasteiger partial charge is 0.0251 e. The maximum absolute atomic E-state index is 4.24. The van der Waals surface area contributed by atoms with Crippen molar-refractivity contribution in [2.24, 2.45) is 0 Å². The number of nitrogens with zero attached hydrogens (tertiary/aromatic N) is 3. The van der Waals surface area contributed by atoms with Crippen LogP contribution in [0, 0.1) is 14.1 Å². The first-order chi connectivity index (χ1) is 8.71. The molecule has 0 N–H and O–H groups in total. The van der Waals surface area contributed by atoms with Gasteiger partial charge in [-0.1, -0.05) is 23.1 Å². The first kappa shape index (κ1) is 10.4. The molecule has 0 radical (unpaired) electrons. The van der Waals surface area contributed by atoms with E-state index < -0.39 is 0 Å². The van der Waals surface area contributed by atoms with E-state index >= 15 is 0 Å². The third kappa shape index (κ3) is 1.13. The predicted octanol–water partition coefficient (Wildman–Crippen LogP) is 2.70. The van der Waals surface area contributed by atoms with Crippen LogP contribution in [0.25, 0.3) is 10.9 Å². The highest BCUT2D eigenvalue weighted by molar-refractivity contribution is 5.86. The van der Waals surface area contributed by atoms with Gasteiger partial charge in [0.05, 0.1) is 0 Å². The Hall–Kier alpha value is -1.48. The summed E-state index contributed by atoms with van der Waals surface area (Å²) in [5.41, 5.74) is 4.35. The molecule has 2 aromatic heterocycles. The van der Waals surface area contributed by atoms with Gasteiger partial charge in [-0.25, -0.2) is 0 Å². The molecule has 3 heteroatoms. The fourth-order valence-corrected chi connectivity index (χ4v) is 3.79. The van der Waals surface area contributed by atoms with Gasteiger partial charge in [-0.2, -0.15) is 0 Å². The monoisotopic (exact) mass is 239 g/mol. The summed E-state index contributed by atoms with van der Waals surface area (Å²) in [4.78, 5) is 6.43. The van der Waals surface area contributed by atoms with Crippen LogP contribution < -0.4 is 0 Å². The average Bonchev–Trinajstić information content (AvgIpc) is 2.61. The van der Waals surface area contributed by atoms with Crippen molar-refractivity contribution in [2.45, 2.75) is 31.2 Å². The van der Waals surface area contributed by atoms with Crippen molar-refractivity contribution in [3.05, 3.63) is 43.8 Å². The third-order valence-electron chi connectivity index (χ3n) is 4.72. The standard InChI is InChI=1S/C15H17N3/c1-17-9-13-14(15(10-17)5-3-6-15)11-4-7-16-8-12(11)18(13)2/h4,7-8H,1-3,5-6,9-10H2/q-2. The Balaban J connectivity index is 2.07. The molecule has 1 saturated carbocycles. The van der Waals surface area contributed by atoms with Crippen LogP contribution in [0.3, 0.4) is 0 Å². The van der Waals surface area contributed by atoms with Crippen molar-refractivity contribution in [3.63, 3.8) is 0 Å². The van der Waals surface area contributed by atoms with Gasteiger partial charge in [0.25, 0.3) is 0 Å². The lowest BCUT2D eigenvalue weighted by atomic mass is 9.62. The van der Waals surface area contributed by atoms with Gasteiger partial charge in [0.15, 0.2) is 0 Å². The minimum absolute atomic E-state index is 0.331. The zero-order valence-electron chi connectivity index (χ0n) is 10.5. The van der Waals surface area contributed by atoms with Gasteiger partial charge in [0.2, 0.25) is 0 Å². The Kier molecular flexibility index (Phi) is 1.91. The molecule has 0 saturated heterocycles. The van der Waals surface area contributed by atoms with E-state index in [0.29, 0.717) is 5.41 Å². The summed E-state index contributed by atoms with van der Waals surface area (Å²) in [6, 6.07) is 2.15. The van der Waals surface area contributed by atoms with Crippen molar-refractivity contribution in [1.29, 1.82) is 0 Å². The highest BCUT2D eigenvalue weighted by atomic mass is 15.1. The number of fused-ring (bicyclic) bond motifs is 4. The van der Waals surface area contributed by atoms with E-state index in [1.165, 1.54) is 35.9 Å². The molecule has 3 heterocycles. The Morgan fingerprint density at radius 2 is 2.11 bits per heavy atom. The SMILES string of the molecule is [CH2-]N1Cc2c(c3ccncc3n2[CH2-])C2(CCC2)C1. The summed E-state index contributed by atoms with van der Waals surface area (Å²) < 4.78 is 2.06. The van der Waals surface area contributed by atoms with Gasteiger partial charge in [-0.3, -0.25) is 12.0 Å². The van der Waals surface area contributed by atoms with Gasteiger partial charge in [0.1, 0.15) is 0 Å². The molecule has 0 atom stereocenters. The number of aromatic nitrogens is 2. The second-order valence-corrected chi connectivity index (χ2v) is 5.76. The Bertz CT molecular complexity index is 622. The molecule has 1 spiro atoms. The second-order valence-electron chi connectivity index (χ2n) is 5.76. The highest BCUT2D eigenvalue weighted by Gasteiger charge is 2.41. The molecular formula is C15H17N3-2. The maximum atomic E-state index is 4.24. The largest absolute Gasteiger partial charge is 0.482 e. The lowest BCUT2D eigenvalue weighted by Crippen LogP contribution is -2.47. The van der Waals surface area contributed by atoms with E-state index in [1.807, 2.05) is 12.4 Å². The van der Waals surface area contributed by atoms with Crippen molar-refractivity contribution >= 4 is 10.9 Å². The molecule has 3 nitrogen and oxygen atoms in total. The van der Waals surface area contributed by atoms with Gasteiger partial charge >= 0.3 is 0 Å². The predicted molar refractivity (Wildman–Crippen MR) is 71.8 cm³/mol. The highest BCUT2D eigenvalue weighted by Crippen LogP contribution is 2.51. The lowest BCUT2D eigenvalue weighted by Gasteiger charge is -2.53. The lowest BCUT2D eigenvalue weighted by molar-refractivity contribution is 0.146. The van der Waals surface area contributed by atoms with Crippen LogP contribution in [0.2, 0.25) is 0 Å². The van der Waals surface area contributed by atoms with E-state index in [4.69, 9.17) is 0 Å². The first-order valence-corrected chi connectivity index (χ1v) is 6.55. The van der Waals surface area contributed by atoms with E-state index in [0.717, 1.165) is 18.6 Å².